The summed E-state index contributed by atoms with van der Waals surface area (Å²) < 4.78 is 29.0. The van der Waals surface area contributed by atoms with Crippen LogP contribution in [-0.2, 0) is 11.3 Å². The Kier molecular flexibility index (Phi) is 6.44. The molecule has 1 aromatic rings. The third kappa shape index (κ3) is 6.09. The highest BCUT2D eigenvalue weighted by Gasteiger charge is 2.00. The molecule has 1 aromatic heterocycles. The molecule has 1 heterocycles. The number of nitrogens with one attached hydrogen (secondary N) is 1. The van der Waals surface area contributed by atoms with Gasteiger partial charge in [0.2, 0.25) is 0 Å². The molecular formula is C10H13BrF2N2O. The molecule has 90 valence electrons. The van der Waals surface area contributed by atoms with E-state index < -0.39 is 13.0 Å². The van der Waals surface area contributed by atoms with Crippen LogP contribution in [0.25, 0.3) is 0 Å². The SMILES string of the molecule is FC(F)COCCNCc1ccc(Br)cn1. The molecule has 0 aliphatic rings. The first kappa shape index (κ1) is 13.5. The van der Waals surface area contributed by atoms with Crippen molar-refractivity contribution >= 4 is 15.9 Å². The van der Waals surface area contributed by atoms with Crippen LogP contribution in [-0.4, -0.2) is 31.2 Å². The first-order valence-corrected chi connectivity index (χ1v) is 5.65. The normalized spacial score (nSPS) is 11.0. The lowest BCUT2D eigenvalue weighted by Crippen LogP contribution is -2.21. The minimum atomic E-state index is -2.40. The number of hydrogen-bond acceptors (Lipinski definition) is 3. The predicted octanol–water partition coefficient (Wildman–Crippen LogP) is 2.22. The Bertz CT molecular complexity index is 295. The molecule has 0 fully saturated rings. The lowest BCUT2D eigenvalue weighted by molar-refractivity contribution is 0.0187. The van der Waals surface area contributed by atoms with Crippen LogP contribution in [0.15, 0.2) is 22.8 Å². The van der Waals surface area contributed by atoms with Gasteiger partial charge in [0.1, 0.15) is 6.61 Å². The highest BCUT2D eigenvalue weighted by atomic mass is 79.9. The van der Waals surface area contributed by atoms with Gasteiger partial charge in [-0.15, -0.1) is 0 Å². The minimum Gasteiger partial charge on any atom is -0.374 e. The second-order valence-electron chi connectivity index (χ2n) is 3.11. The van der Waals surface area contributed by atoms with E-state index in [1.807, 2.05) is 12.1 Å². The molecule has 3 nitrogen and oxygen atoms in total. The summed E-state index contributed by atoms with van der Waals surface area (Å²) in [4.78, 5) is 4.15. The molecule has 0 unspecified atom stereocenters. The van der Waals surface area contributed by atoms with Gasteiger partial charge in [-0.3, -0.25) is 4.98 Å². The molecule has 16 heavy (non-hydrogen) atoms. The zero-order valence-electron chi connectivity index (χ0n) is 8.63. The molecule has 1 N–H and O–H groups in total. The second-order valence-corrected chi connectivity index (χ2v) is 4.03. The Balaban J connectivity index is 2.05. The molecule has 0 spiro atoms. The van der Waals surface area contributed by atoms with Crippen LogP contribution in [0.1, 0.15) is 5.69 Å². The predicted molar refractivity (Wildman–Crippen MR) is 60.5 cm³/mol. The van der Waals surface area contributed by atoms with Gasteiger partial charge < -0.3 is 10.1 Å². The zero-order chi connectivity index (χ0) is 11.8. The molecule has 0 aromatic carbocycles. The van der Waals surface area contributed by atoms with Gasteiger partial charge in [-0.1, -0.05) is 0 Å². The average molecular weight is 295 g/mol. The van der Waals surface area contributed by atoms with Gasteiger partial charge in [-0.25, -0.2) is 8.78 Å². The number of hydrogen-bond donors (Lipinski definition) is 1. The van der Waals surface area contributed by atoms with E-state index in [9.17, 15) is 8.78 Å². The van der Waals surface area contributed by atoms with E-state index in [-0.39, 0.29) is 6.61 Å². The lowest BCUT2D eigenvalue weighted by atomic mass is 10.3. The summed E-state index contributed by atoms with van der Waals surface area (Å²) in [7, 11) is 0. The molecular weight excluding hydrogens is 282 g/mol. The van der Waals surface area contributed by atoms with E-state index in [4.69, 9.17) is 4.74 Å². The maximum atomic E-state index is 11.7. The third-order valence-corrected chi connectivity index (χ3v) is 2.23. The lowest BCUT2D eigenvalue weighted by Gasteiger charge is -2.05. The number of alkyl halides is 2. The van der Waals surface area contributed by atoms with Crippen molar-refractivity contribution in [3.8, 4) is 0 Å². The largest absolute Gasteiger partial charge is 0.374 e. The maximum absolute atomic E-state index is 11.7. The highest BCUT2D eigenvalue weighted by molar-refractivity contribution is 9.10. The van der Waals surface area contributed by atoms with Crippen molar-refractivity contribution in [3.05, 3.63) is 28.5 Å². The number of rotatable bonds is 7. The van der Waals surface area contributed by atoms with E-state index in [1.165, 1.54) is 0 Å². The van der Waals surface area contributed by atoms with Gasteiger partial charge in [0.05, 0.1) is 12.3 Å². The Morgan fingerprint density at radius 2 is 2.25 bits per heavy atom. The van der Waals surface area contributed by atoms with Crippen molar-refractivity contribution in [1.82, 2.24) is 10.3 Å². The molecule has 0 atom stereocenters. The standard InChI is InChI=1S/C10H13BrF2N2O/c11-8-1-2-9(15-5-8)6-14-3-4-16-7-10(12)13/h1-2,5,10,14H,3-4,6-7H2. The van der Waals surface area contributed by atoms with Crippen molar-refractivity contribution in [1.29, 1.82) is 0 Å². The van der Waals surface area contributed by atoms with Gasteiger partial charge in [-0.2, -0.15) is 0 Å². The Morgan fingerprint density at radius 3 is 2.88 bits per heavy atom. The van der Waals surface area contributed by atoms with E-state index >= 15 is 0 Å². The summed E-state index contributed by atoms with van der Waals surface area (Å²) in [5, 5.41) is 3.05. The first-order valence-electron chi connectivity index (χ1n) is 4.85. The fourth-order valence-electron chi connectivity index (χ4n) is 1.04. The Labute approximate surface area is 101 Å². The number of pyridine rings is 1. The van der Waals surface area contributed by atoms with Crippen molar-refractivity contribution in [2.75, 3.05) is 19.8 Å². The average Bonchev–Trinajstić information content (AvgIpc) is 2.25. The van der Waals surface area contributed by atoms with E-state index in [1.54, 1.807) is 6.20 Å². The third-order valence-electron chi connectivity index (χ3n) is 1.76. The van der Waals surface area contributed by atoms with Crippen LogP contribution in [0, 0.1) is 0 Å². The van der Waals surface area contributed by atoms with Crippen LogP contribution < -0.4 is 5.32 Å². The van der Waals surface area contributed by atoms with Crippen LogP contribution >= 0.6 is 15.9 Å². The molecule has 1 rings (SSSR count). The second kappa shape index (κ2) is 7.65. The summed E-state index contributed by atoms with van der Waals surface area (Å²) in [6.07, 6.45) is -0.683. The van der Waals surface area contributed by atoms with E-state index in [0.29, 0.717) is 13.1 Å². The quantitative estimate of drug-likeness (QED) is 0.783. The first-order chi connectivity index (χ1) is 7.68. The van der Waals surface area contributed by atoms with E-state index in [2.05, 4.69) is 26.2 Å². The summed E-state index contributed by atoms with van der Waals surface area (Å²) in [5.41, 5.74) is 0.900. The number of nitrogens with zero attached hydrogens (tertiary/aromatic N) is 1. The number of ether oxygens (including phenoxy) is 1. The molecule has 6 heteroatoms. The fourth-order valence-corrected chi connectivity index (χ4v) is 1.28. The highest BCUT2D eigenvalue weighted by Crippen LogP contribution is 2.06. The van der Waals surface area contributed by atoms with Crippen molar-refractivity contribution in [2.24, 2.45) is 0 Å². The molecule has 0 saturated carbocycles. The van der Waals surface area contributed by atoms with Gasteiger partial charge >= 0.3 is 0 Å². The fraction of sp³-hybridized carbons (Fsp3) is 0.500. The van der Waals surface area contributed by atoms with Crippen LogP contribution in [0.3, 0.4) is 0 Å². The van der Waals surface area contributed by atoms with Gasteiger partial charge in [0.15, 0.2) is 0 Å². The van der Waals surface area contributed by atoms with Gasteiger partial charge in [0, 0.05) is 23.8 Å². The van der Waals surface area contributed by atoms with Crippen LogP contribution in [0.4, 0.5) is 8.78 Å². The topological polar surface area (TPSA) is 34.1 Å². The van der Waals surface area contributed by atoms with Crippen molar-refractivity contribution in [2.45, 2.75) is 13.0 Å². The molecule has 0 aliphatic carbocycles. The van der Waals surface area contributed by atoms with Crippen LogP contribution in [0.5, 0.6) is 0 Å². The van der Waals surface area contributed by atoms with Crippen molar-refractivity contribution < 1.29 is 13.5 Å². The van der Waals surface area contributed by atoms with Crippen molar-refractivity contribution in [3.63, 3.8) is 0 Å². The maximum Gasteiger partial charge on any atom is 0.261 e. The number of aromatic nitrogens is 1. The minimum absolute atomic E-state index is 0.279. The smallest absolute Gasteiger partial charge is 0.261 e. The summed E-state index contributed by atoms with van der Waals surface area (Å²) >= 11 is 3.29. The molecule has 0 amide bonds. The summed E-state index contributed by atoms with van der Waals surface area (Å²) in [6, 6.07) is 3.79. The molecule has 0 radical (unpaired) electrons. The molecule has 0 saturated heterocycles. The monoisotopic (exact) mass is 294 g/mol. The zero-order valence-corrected chi connectivity index (χ0v) is 10.2. The molecule has 0 aliphatic heterocycles. The Hall–Kier alpha value is -0.590. The summed E-state index contributed by atoms with van der Waals surface area (Å²) in [5.74, 6) is 0. The van der Waals surface area contributed by atoms with Gasteiger partial charge in [0.25, 0.3) is 6.43 Å². The Morgan fingerprint density at radius 1 is 1.44 bits per heavy atom. The van der Waals surface area contributed by atoms with E-state index in [0.717, 1.165) is 10.2 Å². The van der Waals surface area contributed by atoms with Crippen LogP contribution in [0.2, 0.25) is 0 Å². The summed E-state index contributed by atoms with van der Waals surface area (Å²) in [6.45, 7) is 0.912. The molecule has 0 bridgehead atoms. The number of halogens is 3. The van der Waals surface area contributed by atoms with Gasteiger partial charge in [-0.05, 0) is 28.1 Å².